The molecule has 18 heavy (non-hydrogen) atoms. The number of methoxy groups -OCH3 is 2. The summed E-state index contributed by atoms with van der Waals surface area (Å²) >= 11 is 5.01. The van der Waals surface area contributed by atoms with Crippen molar-refractivity contribution in [2.45, 2.75) is 6.54 Å². The van der Waals surface area contributed by atoms with Crippen molar-refractivity contribution in [3.8, 4) is 11.5 Å². The highest BCUT2D eigenvalue weighted by Gasteiger charge is 2.13. The molecule has 1 aromatic rings. The predicted octanol–water partition coefficient (Wildman–Crippen LogP) is 0.898. The molecule has 1 fully saturated rings. The standard InChI is InChI=1S/C12H17N3O2S/c1-16-10-4-3-9(5-11(10)17-2)6-15-7-13-12(18)14-8-15/h3-5H,6-8H2,1-2H3,(H2,13,14,18). The normalized spacial score (nSPS) is 15.8. The van der Waals surface area contributed by atoms with Crippen molar-refractivity contribution < 1.29 is 9.47 Å². The molecule has 6 heteroatoms. The average Bonchev–Trinajstić information content (AvgIpc) is 2.41. The van der Waals surface area contributed by atoms with Gasteiger partial charge in [-0.15, -0.1) is 0 Å². The van der Waals surface area contributed by atoms with Gasteiger partial charge in [-0.05, 0) is 29.9 Å². The van der Waals surface area contributed by atoms with E-state index in [4.69, 9.17) is 21.7 Å². The van der Waals surface area contributed by atoms with Crippen LogP contribution in [0.15, 0.2) is 18.2 Å². The molecular weight excluding hydrogens is 250 g/mol. The first-order valence-electron chi connectivity index (χ1n) is 5.68. The molecule has 0 radical (unpaired) electrons. The van der Waals surface area contributed by atoms with E-state index in [1.807, 2.05) is 18.2 Å². The monoisotopic (exact) mass is 267 g/mol. The van der Waals surface area contributed by atoms with E-state index in [2.05, 4.69) is 15.5 Å². The third-order valence-corrected chi connectivity index (χ3v) is 3.07. The van der Waals surface area contributed by atoms with Crippen LogP contribution >= 0.6 is 12.2 Å². The van der Waals surface area contributed by atoms with E-state index >= 15 is 0 Å². The Kier molecular flexibility index (Phi) is 4.22. The number of nitrogens with one attached hydrogen (secondary N) is 2. The largest absolute Gasteiger partial charge is 0.493 e. The molecule has 5 nitrogen and oxygen atoms in total. The Hall–Kier alpha value is -1.53. The number of rotatable bonds is 4. The van der Waals surface area contributed by atoms with Gasteiger partial charge >= 0.3 is 0 Å². The lowest BCUT2D eigenvalue weighted by atomic mass is 10.2. The quantitative estimate of drug-likeness (QED) is 0.790. The highest BCUT2D eigenvalue weighted by molar-refractivity contribution is 7.80. The zero-order valence-electron chi connectivity index (χ0n) is 10.5. The van der Waals surface area contributed by atoms with Crippen LogP contribution in [0.2, 0.25) is 0 Å². The number of hydrogen-bond acceptors (Lipinski definition) is 4. The van der Waals surface area contributed by atoms with Gasteiger partial charge in [0, 0.05) is 6.54 Å². The van der Waals surface area contributed by atoms with Crippen LogP contribution in [-0.4, -0.2) is 37.6 Å². The summed E-state index contributed by atoms with van der Waals surface area (Å²) in [4.78, 5) is 2.21. The summed E-state index contributed by atoms with van der Waals surface area (Å²) in [6, 6.07) is 5.95. The number of thiocarbonyl (C=S) groups is 1. The second kappa shape index (κ2) is 5.88. The third-order valence-electron chi connectivity index (χ3n) is 2.78. The zero-order valence-corrected chi connectivity index (χ0v) is 11.3. The fraction of sp³-hybridized carbons (Fsp3) is 0.417. The van der Waals surface area contributed by atoms with Gasteiger partial charge in [-0.3, -0.25) is 4.90 Å². The van der Waals surface area contributed by atoms with E-state index in [-0.39, 0.29) is 0 Å². The molecular formula is C12H17N3O2S. The van der Waals surface area contributed by atoms with Crippen LogP contribution in [0.3, 0.4) is 0 Å². The number of hydrogen-bond donors (Lipinski definition) is 2. The molecule has 0 bridgehead atoms. The molecule has 0 aromatic heterocycles. The van der Waals surface area contributed by atoms with Gasteiger partial charge in [0.05, 0.1) is 27.6 Å². The van der Waals surface area contributed by atoms with E-state index in [1.165, 1.54) is 5.56 Å². The Morgan fingerprint density at radius 3 is 2.44 bits per heavy atom. The molecule has 0 aliphatic carbocycles. The Morgan fingerprint density at radius 1 is 1.17 bits per heavy atom. The van der Waals surface area contributed by atoms with Gasteiger partial charge in [0.1, 0.15) is 0 Å². The molecule has 0 spiro atoms. The Bertz CT molecular complexity index is 429. The minimum atomic E-state index is 0.707. The molecule has 1 heterocycles. The molecule has 0 unspecified atom stereocenters. The summed E-state index contributed by atoms with van der Waals surface area (Å²) < 4.78 is 10.5. The maximum absolute atomic E-state index is 5.29. The van der Waals surface area contributed by atoms with Crippen molar-refractivity contribution in [2.24, 2.45) is 0 Å². The molecule has 0 amide bonds. The van der Waals surface area contributed by atoms with Crippen molar-refractivity contribution in [1.29, 1.82) is 0 Å². The lowest BCUT2D eigenvalue weighted by Gasteiger charge is -2.29. The van der Waals surface area contributed by atoms with Crippen LogP contribution in [-0.2, 0) is 6.54 Å². The third kappa shape index (κ3) is 3.02. The summed E-state index contributed by atoms with van der Waals surface area (Å²) in [6.07, 6.45) is 0. The molecule has 1 aliphatic heterocycles. The van der Waals surface area contributed by atoms with E-state index in [9.17, 15) is 0 Å². The van der Waals surface area contributed by atoms with E-state index in [1.54, 1.807) is 14.2 Å². The molecule has 1 aromatic carbocycles. The van der Waals surface area contributed by atoms with E-state index < -0.39 is 0 Å². The Balaban J connectivity index is 2.03. The van der Waals surface area contributed by atoms with Crippen LogP contribution < -0.4 is 20.1 Å². The second-order valence-electron chi connectivity index (χ2n) is 4.02. The van der Waals surface area contributed by atoms with Gasteiger partial charge < -0.3 is 20.1 Å². The summed E-state index contributed by atoms with van der Waals surface area (Å²) in [6.45, 7) is 2.32. The molecule has 0 atom stereocenters. The van der Waals surface area contributed by atoms with Crippen molar-refractivity contribution in [3.63, 3.8) is 0 Å². The van der Waals surface area contributed by atoms with Crippen molar-refractivity contribution >= 4 is 17.3 Å². The lowest BCUT2D eigenvalue weighted by Crippen LogP contribution is -2.53. The van der Waals surface area contributed by atoms with Gasteiger partial charge in [-0.2, -0.15) is 0 Å². The molecule has 98 valence electrons. The number of nitrogens with zero attached hydrogens (tertiary/aromatic N) is 1. The fourth-order valence-corrected chi connectivity index (χ4v) is 1.96. The van der Waals surface area contributed by atoms with E-state index in [0.29, 0.717) is 5.11 Å². The average molecular weight is 267 g/mol. The van der Waals surface area contributed by atoms with Gasteiger partial charge in [-0.25, -0.2) is 0 Å². The summed E-state index contributed by atoms with van der Waals surface area (Å²) in [5.41, 5.74) is 1.17. The van der Waals surface area contributed by atoms with E-state index in [0.717, 1.165) is 31.4 Å². The molecule has 2 N–H and O–H groups in total. The zero-order chi connectivity index (χ0) is 13.0. The van der Waals surface area contributed by atoms with Crippen LogP contribution in [0.1, 0.15) is 5.56 Å². The first-order valence-corrected chi connectivity index (χ1v) is 6.08. The minimum Gasteiger partial charge on any atom is -0.493 e. The summed E-state index contributed by atoms with van der Waals surface area (Å²) in [5, 5.41) is 6.89. The topological polar surface area (TPSA) is 45.8 Å². The number of benzene rings is 1. The highest BCUT2D eigenvalue weighted by Crippen LogP contribution is 2.27. The second-order valence-corrected chi connectivity index (χ2v) is 4.43. The molecule has 0 saturated carbocycles. The molecule has 1 aliphatic rings. The van der Waals surface area contributed by atoms with Gasteiger partial charge in [0.15, 0.2) is 16.6 Å². The van der Waals surface area contributed by atoms with Gasteiger partial charge in [0.25, 0.3) is 0 Å². The maximum Gasteiger partial charge on any atom is 0.168 e. The fourth-order valence-electron chi connectivity index (χ4n) is 1.83. The first kappa shape index (κ1) is 12.9. The summed E-state index contributed by atoms with van der Waals surface area (Å²) in [5.74, 6) is 1.50. The van der Waals surface area contributed by atoms with Crippen LogP contribution in [0.4, 0.5) is 0 Å². The van der Waals surface area contributed by atoms with Crippen molar-refractivity contribution in [3.05, 3.63) is 23.8 Å². The Labute approximate surface area is 112 Å². The van der Waals surface area contributed by atoms with Crippen molar-refractivity contribution in [1.82, 2.24) is 15.5 Å². The smallest absolute Gasteiger partial charge is 0.168 e. The lowest BCUT2D eigenvalue weighted by molar-refractivity contribution is 0.235. The molecule has 2 rings (SSSR count). The van der Waals surface area contributed by atoms with Crippen molar-refractivity contribution in [2.75, 3.05) is 27.6 Å². The van der Waals surface area contributed by atoms with Crippen LogP contribution in [0.25, 0.3) is 0 Å². The highest BCUT2D eigenvalue weighted by atomic mass is 32.1. The molecule has 1 saturated heterocycles. The summed E-state index contributed by atoms with van der Waals surface area (Å²) in [7, 11) is 3.28. The SMILES string of the molecule is COc1ccc(CN2CNC(=S)NC2)cc1OC. The maximum atomic E-state index is 5.29. The Morgan fingerprint density at radius 2 is 1.83 bits per heavy atom. The van der Waals surface area contributed by atoms with Gasteiger partial charge in [0.2, 0.25) is 0 Å². The van der Waals surface area contributed by atoms with Gasteiger partial charge in [-0.1, -0.05) is 6.07 Å². The first-order chi connectivity index (χ1) is 8.72. The van der Waals surface area contributed by atoms with Crippen LogP contribution in [0, 0.1) is 0 Å². The van der Waals surface area contributed by atoms with Crippen LogP contribution in [0.5, 0.6) is 11.5 Å². The number of ether oxygens (including phenoxy) is 2. The minimum absolute atomic E-state index is 0.707. The predicted molar refractivity (Wildman–Crippen MR) is 73.7 cm³/mol.